The molecule has 1 unspecified atom stereocenters. The molecule has 0 aliphatic carbocycles. The van der Waals surface area contributed by atoms with E-state index in [9.17, 15) is 4.79 Å². The zero-order valence-electron chi connectivity index (χ0n) is 11.9. The van der Waals surface area contributed by atoms with Crippen LogP contribution in [0.3, 0.4) is 0 Å². The van der Waals surface area contributed by atoms with Crippen LogP contribution >= 0.6 is 0 Å². The number of amides is 1. The van der Waals surface area contributed by atoms with Crippen molar-refractivity contribution in [2.75, 3.05) is 0 Å². The van der Waals surface area contributed by atoms with Gasteiger partial charge in [0.05, 0.1) is 18.5 Å². The van der Waals surface area contributed by atoms with E-state index in [1.54, 1.807) is 23.2 Å². The molecule has 0 aliphatic rings. The molecule has 3 aromatic heterocycles. The fourth-order valence-electron chi connectivity index (χ4n) is 2.26. The van der Waals surface area contributed by atoms with Crippen molar-refractivity contribution >= 4 is 5.91 Å². The minimum absolute atomic E-state index is 0.185. The first kappa shape index (κ1) is 13.2. The molecule has 0 radical (unpaired) electrons. The molecular weight excluding hydrogens is 268 g/mol. The Bertz CT molecular complexity index is 726. The molecule has 108 valence electrons. The number of nitrogens with zero attached hydrogens (tertiary/aromatic N) is 3. The molecule has 0 saturated heterocycles. The van der Waals surface area contributed by atoms with Gasteiger partial charge in [0.1, 0.15) is 17.1 Å². The Kier molecular flexibility index (Phi) is 3.35. The fraction of sp³-hybridized carbons (Fsp3) is 0.200. The van der Waals surface area contributed by atoms with E-state index in [2.05, 4.69) is 10.4 Å². The first-order valence-corrected chi connectivity index (χ1v) is 6.66. The first-order chi connectivity index (χ1) is 10.2. The summed E-state index contributed by atoms with van der Waals surface area (Å²) in [5, 5.41) is 7.09. The summed E-state index contributed by atoms with van der Waals surface area (Å²) >= 11 is 0. The predicted octanol–water partition coefficient (Wildman–Crippen LogP) is 2.29. The molecule has 6 nitrogen and oxygen atoms in total. The Balaban J connectivity index is 1.86. The molecule has 1 N–H and O–H groups in total. The van der Waals surface area contributed by atoms with Crippen LogP contribution in [0.15, 0.2) is 53.5 Å². The highest BCUT2D eigenvalue weighted by atomic mass is 16.3. The summed E-state index contributed by atoms with van der Waals surface area (Å²) in [4.78, 5) is 12.5. The molecule has 21 heavy (non-hydrogen) atoms. The van der Waals surface area contributed by atoms with Gasteiger partial charge >= 0.3 is 0 Å². The number of aryl methyl sites for hydroxylation is 1. The van der Waals surface area contributed by atoms with Gasteiger partial charge in [-0.1, -0.05) is 0 Å². The largest absolute Gasteiger partial charge is 0.467 e. The third-order valence-corrected chi connectivity index (χ3v) is 3.32. The summed E-state index contributed by atoms with van der Waals surface area (Å²) in [7, 11) is 1.81. The summed E-state index contributed by atoms with van der Waals surface area (Å²) in [5.41, 5.74) is 0.520. The molecule has 6 heteroatoms. The van der Waals surface area contributed by atoms with Crippen LogP contribution in [0.2, 0.25) is 0 Å². The molecule has 0 bridgehead atoms. The Hall–Kier alpha value is -2.76. The van der Waals surface area contributed by atoms with Crippen LogP contribution in [-0.4, -0.2) is 20.3 Å². The molecular formula is C15H16N4O2. The van der Waals surface area contributed by atoms with Crippen LogP contribution in [0.1, 0.15) is 29.1 Å². The average Bonchev–Trinajstić information content (AvgIpc) is 3.19. The highest BCUT2D eigenvalue weighted by molar-refractivity contribution is 5.97. The van der Waals surface area contributed by atoms with Gasteiger partial charge in [0.2, 0.25) is 0 Å². The third kappa shape index (κ3) is 2.47. The van der Waals surface area contributed by atoms with Crippen LogP contribution in [0.4, 0.5) is 0 Å². The lowest BCUT2D eigenvalue weighted by Crippen LogP contribution is -2.27. The number of carbonyl (C=O) groups is 1. The van der Waals surface area contributed by atoms with Crippen LogP contribution in [-0.2, 0) is 7.05 Å². The van der Waals surface area contributed by atoms with E-state index in [1.165, 1.54) is 0 Å². The number of rotatable bonds is 4. The van der Waals surface area contributed by atoms with Crippen LogP contribution in [0, 0.1) is 0 Å². The minimum atomic E-state index is -0.204. The van der Waals surface area contributed by atoms with Gasteiger partial charge < -0.3 is 14.3 Å². The summed E-state index contributed by atoms with van der Waals surface area (Å²) in [6.45, 7) is 1.88. The van der Waals surface area contributed by atoms with Gasteiger partial charge in [0, 0.05) is 19.4 Å². The van der Waals surface area contributed by atoms with Gasteiger partial charge in [-0.25, -0.2) is 0 Å². The maximum Gasteiger partial charge on any atom is 0.257 e. The van der Waals surface area contributed by atoms with Crippen molar-refractivity contribution in [1.82, 2.24) is 19.7 Å². The Morgan fingerprint density at radius 2 is 2.10 bits per heavy atom. The smallest absolute Gasteiger partial charge is 0.257 e. The van der Waals surface area contributed by atoms with E-state index in [4.69, 9.17) is 4.42 Å². The number of hydrogen-bond acceptors (Lipinski definition) is 3. The zero-order valence-corrected chi connectivity index (χ0v) is 11.9. The highest BCUT2D eigenvalue weighted by Gasteiger charge is 2.20. The van der Waals surface area contributed by atoms with E-state index in [-0.39, 0.29) is 11.9 Å². The van der Waals surface area contributed by atoms with E-state index >= 15 is 0 Å². The topological polar surface area (TPSA) is 65.0 Å². The van der Waals surface area contributed by atoms with Gasteiger partial charge in [0.25, 0.3) is 5.91 Å². The van der Waals surface area contributed by atoms with Crippen LogP contribution in [0.25, 0.3) is 5.82 Å². The van der Waals surface area contributed by atoms with Crippen molar-refractivity contribution in [3.63, 3.8) is 0 Å². The first-order valence-electron chi connectivity index (χ1n) is 6.66. The molecule has 0 aromatic carbocycles. The second kappa shape index (κ2) is 5.32. The van der Waals surface area contributed by atoms with Gasteiger partial charge in [0.15, 0.2) is 0 Å². The Morgan fingerprint density at radius 3 is 2.76 bits per heavy atom. The van der Waals surface area contributed by atoms with Crippen molar-refractivity contribution in [3.8, 4) is 5.82 Å². The third-order valence-electron chi connectivity index (χ3n) is 3.32. The molecule has 3 aromatic rings. The molecule has 3 rings (SSSR count). The van der Waals surface area contributed by atoms with Gasteiger partial charge in [-0.2, -0.15) is 5.10 Å². The predicted molar refractivity (Wildman–Crippen MR) is 77.1 cm³/mol. The molecule has 3 heterocycles. The molecule has 1 atom stereocenters. The van der Waals surface area contributed by atoms with Crippen molar-refractivity contribution in [1.29, 1.82) is 0 Å². The van der Waals surface area contributed by atoms with E-state index in [0.29, 0.717) is 5.56 Å². The molecule has 0 spiro atoms. The standard InChI is InChI=1S/C15H16N4O2/c1-11(13-6-5-9-21-13)17-14(20)12-10-16-18(2)15(12)19-7-3-4-8-19/h3-11H,1-2H3,(H,17,20). The van der Waals surface area contributed by atoms with Gasteiger partial charge in [-0.05, 0) is 31.2 Å². The summed E-state index contributed by atoms with van der Waals surface area (Å²) < 4.78 is 8.83. The summed E-state index contributed by atoms with van der Waals surface area (Å²) in [6, 6.07) is 7.24. The lowest BCUT2D eigenvalue weighted by molar-refractivity contribution is 0.0935. The van der Waals surface area contributed by atoms with Gasteiger partial charge in [-0.15, -0.1) is 0 Å². The second-order valence-corrected chi connectivity index (χ2v) is 4.81. The van der Waals surface area contributed by atoms with E-state index in [0.717, 1.165) is 11.6 Å². The molecule has 0 saturated carbocycles. The quantitative estimate of drug-likeness (QED) is 0.799. The Morgan fingerprint density at radius 1 is 1.33 bits per heavy atom. The molecule has 1 amide bonds. The number of carbonyl (C=O) groups excluding carboxylic acids is 1. The van der Waals surface area contributed by atoms with E-state index in [1.807, 2.05) is 49.1 Å². The molecule has 0 fully saturated rings. The average molecular weight is 284 g/mol. The second-order valence-electron chi connectivity index (χ2n) is 4.81. The maximum absolute atomic E-state index is 12.5. The van der Waals surface area contributed by atoms with Crippen molar-refractivity contribution < 1.29 is 9.21 Å². The van der Waals surface area contributed by atoms with Crippen LogP contribution < -0.4 is 5.32 Å². The van der Waals surface area contributed by atoms with Gasteiger partial charge in [-0.3, -0.25) is 9.48 Å². The zero-order chi connectivity index (χ0) is 14.8. The summed E-state index contributed by atoms with van der Waals surface area (Å²) in [5.74, 6) is 1.26. The maximum atomic E-state index is 12.5. The monoisotopic (exact) mass is 284 g/mol. The van der Waals surface area contributed by atoms with Crippen molar-refractivity contribution in [3.05, 3.63) is 60.4 Å². The normalized spacial score (nSPS) is 12.3. The lowest BCUT2D eigenvalue weighted by Gasteiger charge is -2.12. The lowest BCUT2D eigenvalue weighted by atomic mass is 10.2. The van der Waals surface area contributed by atoms with E-state index < -0.39 is 0 Å². The number of furan rings is 1. The number of aromatic nitrogens is 3. The SMILES string of the molecule is CC(NC(=O)c1cnn(C)c1-n1cccc1)c1ccco1. The molecule has 0 aliphatic heterocycles. The Labute approximate surface area is 122 Å². The minimum Gasteiger partial charge on any atom is -0.467 e. The fourth-order valence-corrected chi connectivity index (χ4v) is 2.26. The van der Waals surface area contributed by atoms with Crippen molar-refractivity contribution in [2.24, 2.45) is 7.05 Å². The summed E-state index contributed by atoms with van der Waals surface area (Å²) in [6.07, 6.45) is 6.92. The highest BCUT2D eigenvalue weighted by Crippen LogP contribution is 2.17. The van der Waals surface area contributed by atoms with Crippen LogP contribution in [0.5, 0.6) is 0 Å². The number of nitrogens with one attached hydrogen (secondary N) is 1. The van der Waals surface area contributed by atoms with Crippen molar-refractivity contribution in [2.45, 2.75) is 13.0 Å². The number of hydrogen-bond donors (Lipinski definition) is 1.